The number of rotatable bonds is 3. The van der Waals surface area contributed by atoms with Crippen molar-refractivity contribution in [3.05, 3.63) is 66.0 Å². The number of halogens is 4. The van der Waals surface area contributed by atoms with Gasteiger partial charge in [0.15, 0.2) is 0 Å². The number of likely N-dealkylation sites (tertiary alicyclic amines) is 1. The lowest BCUT2D eigenvalue weighted by atomic mass is 9.83. The quantitative estimate of drug-likeness (QED) is 0.653. The summed E-state index contributed by atoms with van der Waals surface area (Å²) >= 11 is 0. The maximum absolute atomic E-state index is 13.7. The molecule has 33 heavy (non-hydrogen) atoms. The third-order valence-corrected chi connectivity index (χ3v) is 5.82. The molecule has 2 aromatic rings. The smallest absolute Gasteiger partial charge is 0.475 e. The van der Waals surface area contributed by atoms with Crippen LogP contribution in [0.15, 0.2) is 54.6 Å². The lowest BCUT2D eigenvalue weighted by molar-refractivity contribution is -0.192. The summed E-state index contributed by atoms with van der Waals surface area (Å²) in [4.78, 5) is 25.4. The molecule has 0 bridgehead atoms. The van der Waals surface area contributed by atoms with Gasteiger partial charge in [-0.2, -0.15) is 13.2 Å². The average Bonchev–Trinajstić information content (AvgIpc) is 3.06. The summed E-state index contributed by atoms with van der Waals surface area (Å²) in [5.41, 5.74) is 1.48. The summed E-state index contributed by atoms with van der Waals surface area (Å²) in [6.07, 6.45) is -3.84. The lowest BCUT2D eigenvalue weighted by Crippen LogP contribution is -2.57. The maximum atomic E-state index is 13.7. The van der Waals surface area contributed by atoms with Crippen LogP contribution in [0.2, 0.25) is 0 Å². The van der Waals surface area contributed by atoms with E-state index in [0.29, 0.717) is 18.3 Å². The number of ether oxygens (including phenoxy) is 1. The molecule has 2 fully saturated rings. The van der Waals surface area contributed by atoms with Gasteiger partial charge < -0.3 is 9.84 Å². The van der Waals surface area contributed by atoms with Crippen LogP contribution in [0.3, 0.4) is 0 Å². The molecule has 0 radical (unpaired) electrons. The number of anilines is 1. The molecule has 2 unspecified atom stereocenters. The van der Waals surface area contributed by atoms with E-state index in [0.717, 1.165) is 25.9 Å². The fourth-order valence-corrected chi connectivity index (χ4v) is 4.25. The zero-order chi connectivity index (χ0) is 24.2. The summed E-state index contributed by atoms with van der Waals surface area (Å²) < 4.78 is 50.8. The van der Waals surface area contributed by atoms with Gasteiger partial charge in [-0.1, -0.05) is 36.4 Å². The minimum absolute atomic E-state index is 0.300. The maximum Gasteiger partial charge on any atom is 0.490 e. The van der Waals surface area contributed by atoms with Crippen LogP contribution >= 0.6 is 0 Å². The summed E-state index contributed by atoms with van der Waals surface area (Å²) in [5, 5.41) is 7.12. The molecule has 178 valence electrons. The second-order valence-corrected chi connectivity index (χ2v) is 8.16. The van der Waals surface area contributed by atoms with E-state index in [-0.39, 0.29) is 11.9 Å². The van der Waals surface area contributed by atoms with E-state index in [1.165, 1.54) is 17.7 Å². The van der Waals surface area contributed by atoms with Gasteiger partial charge in [-0.15, -0.1) is 0 Å². The third-order valence-electron chi connectivity index (χ3n) is 5.82. The van der Waals surface area contributed by atoms with Crippen LogP contribution in [0.5, 0.6) is 0 Å². The molecule has 4 rings (SSSR count). The second-order valence-electron chi connectivity index (χ2n) is 8.16. The second kappa shape index (κ2) is 9.78. The number of piperidine rings is 1. The highest BCUT2D eigenvalue weighted by atomic mass is 19.4. The first-order valence-corrected chi connectivity index (χ1v) is 10.3. The number of benzene rings is 2. The summed E-state index contributed by atoms with van der Waals surface area (Å²) in [7, 11) is 0. The zero-order valence-corrected chi connectivity index (χ0v) is 17.9. The van der Waals surface area contributed by atoms with E-state index in [2.05, 4.69) is 36.1 Å². The minimum Gasteiger partial charge on any atom is -0.475 e. The van der Waals surface area contributed by atoms with Gasteiger partial charge in [-0.3, -0.25) is 9.80 Å². The number of nitrogens with zero attached hydrogens (tertiary/aromatic N) is 2. The normalized spacial score (nSPS) is 23.1. The minimum atomic E-state index is -5.08. The van der Waals surface area contributed by atoms with Crippen molar-refractivity contribution in [2.45, 2.75) is 44.1 Å². The Kier molecular flexibility index (Phi) is 7.26. The molecule has 1 spiro atoms. The van der Waals surface area contributed by atoms with Gasteiger partial charge in [0.1, 0.15) is 12.4 Å². The zero-order valence-electron chi connectivity index (χ0n) is 17.9. The van der Waals surface area contributed by atoms with Crippen LogP contribution in [-0.2, 0) is 16.1 Å². The van der Waals surface area contributed by atoms with Crippen molar-refractivity contribution in [2.24, 2.45) is 0 Å². The summed E-state index contributed by atoms with van der Waals surface area (Å²) in [6, 6.07) is 16.9. The van der Waals surface area contributed by atoms with E-state index in [4.69, 9.17) is 14.6 Å². The molecule has 0 aliphatic carbocycles. The van der Waals surface area contributed by atoms with Gasteiger partial charge in [0, 0.05) is 19.1 Å². The van der Waals surface area contributed by atoms with E-state index >= 15 is 0 Å². The van der Waals surface area contributed by atoms with Gasteiger partial charge in [0.25, 0.3) is 0 Å². The number of carboxylic acid groups (broad SMARTS) is 1. The topological polar surface area (TPSA) is 70.1 Å². The molecule has 10 heteroatoms. The van der Waals surface area contributed by atoms with E-state index < -0.39 is 17.7 Å². The summed E-state index contributed by atoms with van der Waals surface area (Å²) in [6.45, 7) is 4.33. The van der Waals surface area contributed by atoms with Crippen LogP contribution in [0.1, 0.15) is 25.3 Å². The van der Waals surface area contributed by atoms with Crippen LogP contribution < -0.4 is 4.90 Å². The molecule has 1 N–H and O–H groups in total. The average molecular weight is 468 g/mol. The van der Waals surface area contributed by atoms with Crippen molar-refractivity contribution in [1.29, 1.82) is 0 Å². The Morgan fingerprint density at radius 2 is 1.85 bits per heavy atom. The van der Waals surface area contributed by atoms with Gasteiger partial charge in [-0.25, -0.2) is 14.0 Å². The van der Waals surface area contributed by atoms with Gasteiger partial charge in [0.05, 0.1) is 11.2 Å². The number of hydrogen-bond acceptors (Lipinski definition) is 4. The molecule has 0 saturated carbocycles. The number of carbonyl (C=O) groups excluding carboxylic acids is 1. The molecule has 6 nitrogen and oxygen atoms in total. The van der Waals surface area contributed by atoms with Crippen molar-refractivity contribution in [3.63, 3.8) is 0 Å². The Bertz CT molecular complexity index is 986. The predicted molar refractivity (Wildman–Crippen MR) is 112 cm³/mol. The molecule has 1 amide bonds. The van der Waals surface area contributed by atoms with Crippen molar-refractivity contribution in [3.8, 4) is 0 Å². The fraction of sp³-hybridized carbons (Fsp3) is 0.391. The monoisotopic (exact) mass is 468 g/mol. The number of carboxylic acids is 1. The van der Waals surface area contributed by atoms with Crippen molar-refractivity contribution in [1.82, 2.24) is 4.90 Å². The number of amides is 1. The van der Waals surface area contributed by atoms with Crippen molar-refractivity contribution < 1.29 is 37.0 Å². The number of carbonyl (C=O) groups is 2. The Morgan fingerprint density at radius 3 is 2.42 bits per heavy atom. The number of aliphatic carboxylic acids is 1. The fourth-order valence-electron chi connectivity index (χ4n) is 4.25. The molecule has 2 aliphatic heterocycles. The molecule has 2 aromatic carbocycles. The molecule has 2 saturated heterocycles. The Hall–Kier alpha value is -3.14. The SMILES string of the molecule is CC1CC2(CCN1Cc1ccccc1)COC(=O)N2c1cccc(F)c1.O=C(O)C(F)(F)F. The van der Waals surface area contributed by atoms with E-state index in [9.17, 15) is 22.4 Å². The van der Waals surface area contributed by atoms with E-state index in [1.807, 2.05) is 6.07 Å². The van der Waals surface area contributed by atoms with Crippen LogP contribution in [0, 0.1) is 5.82 Å². The first-order chi connectivity index (χ1) is 15.5. The molecule has 2 heterocycles. The van der Waals surface area contributed by atoms with E-state index in [1.54, 1.807) is 17.0 Å². The number of alkyl halides is 3. The highest BCUT2D eigenvalue weighted by Gasteiger charge is 2.51. The number of hydrogen-bond donors (Lipinski definition) is 1. The third kappa shape index (κ3) is 5.81. The predicted octanol–water partition coefficient (Wildman–Crippen LogP) is 4.84. The van der Waals surface area contributed by atoms with Crippen molar-refractivity contribution >= 4 is 17.7 Å². The first-order valence-electron chi connectivity index (χ1n) is 10.3. The van der Waals surface area contributed by atoms with Gasteiger partial charge in [0.2, 0.25) is 0 Å². The largest absolute Gasteiger partial charge is 0.490 e. The highest BCUT2D eigenvalue weighted by molar-refractivity contribution is 5.91. The lowest BCUT2D eigenvalue weighted by Gasteiger charge is -2.46. The first kappa shape index (κ1) is 24.5. The molecular formula is C23H24F4N2O4. The Labute approximate surface area is 188 Å². The Balaban J connectivity index is 0.000000383. The molecule has 0 aromatic heterocycles. The van der Waals surface area contributed by atoms with Crippen LogP contribution in [0.25, 0.3) is 0 Å². The van der Waals surface area contributed by atoms with Crippen LogP contribution in [0.4, 0.5) is 28.0 Å². The van der Waals surface area contributed by atoms with Crippen LogP contribution in [-0.4, -0.2) is 53.0 Å². The Morgan fingerprint density at radius 1 is 1.18 bits per heavy atom. The molecular weight excluding hydrogens is 444 g/mol. The van der Waals surface area contributed by atoms with Gasteiger partial charge in [-0.05, 0) is 43.5 Å². The standard InChI is InChI=1S/C21H23FN2O2.C2HF3O2/c1-16-13-21(10-11-23(16)14-17-6-3-2-4-7-17)15-26-20(25)24(21)19-9-5-8-18(22)12-19;3-2(4,5)1(6)7/h2-9,12,16H,10-11,13-15H2,1H3;(H,6,7). The molecule has 2 aliphatic rings. The highest BCUT2D eigenvalue weighted by Crippen LogP contribution is 2.40. The van der Waals surface area contributed by atoms with Crippen molar-refractivity contribution in [2.75, 3.05) is 18.1 Å². The number of cyclic esters (lactones) is 1. The molecule has 2 atom stereocenters. The van der Waals surface area contributed by atoms with Gasteiger partial charge >= 0.3 is 18.2 Å². The summed E-state index contributed by atoms with van der Waals surface area (Å²) in [5.74, 6) is -3.10.